The fourth-order valence-corrected chi connectivity index (χ4v) is 1.41. The molecule has 0 aliphatic rings. The van der Waals surface area contributed by atoms with Gasteiger partial charge in [0.05, 0.1) is 5.03 Å². The van der Waals surface area contributed by atoms with Crippen LogP contribution < -0.4 is 10.1 Å². The highest BCUT2D eigenvalue weighted by atomic mass is 35.5. The Bertz CT molecular complexity index is 415. The highest BCUT2D eigenvalue weighted by Gasteiger charge is 2.13. The molecule has 1 rings (SSSR count). The van der Waals surface area contributed by atoms with E-state index in [0.29, 0.717) is 12.1 Å². The van der Waals surface area contributed by atoms with Gasteiger partial charge in [-0.05, 0) is 24.2 Å². The van der Waals surface area contributed by atoms with E-state index in [9.17, 15) is 8.78 Å². The van der Waals surface area contributed by atoms with Crippen molar-refractivity contribution in [3.63, 3.8) is 0 Å². The Morgan fingerprint density at radius 1 is 1.39 bits per heavy atom. The second-order valence-electron chi connectivity index (χ2n) is 3.51. The van der Waals surface area contributed by atoms with Gasteiger partial charge in [0.15, 0.2) is 17.4 Å². The quantitative estimate of drug-likeness (QED) is 0.862. The third kappa shape index (κ3) is 4.44. The summed E-state index contributed by atoms with van der Waals surface area (Å²) in [6.07, 6.45) is 0. The molecule has 1 N–H and O–H groups in total. The largest absolute Gasteiger partial charge is 0.482 e. The first-order chi connectivity index (χ1) is 8.58. The first-order valence-corrected chi connectivity index (χ1v) is 6.16. The molecule has 0 heterocycles. The van der Waals surface area contributed by atoms with Crippen LogP contribution in [0.15, 0.2) is 22.7 Å². The van der Waals surface area contributed by atoms with E-state index in [2.05, 4.69) is 5.32 Å². The summed E-state index contributed by atoms with van der Waals surface area (Å²) in [4.78, 5) is 0. The van der Waals surface area contributed by atoms with Crippen LogP contribution in [0.4, 0.5) is 8.78 Å². The van der Waals surface area contributed by atoms with Gasteiger partial charge in [0.25, 0.3) is 0 Å². The Morgan fingerprint density at radius 3 is 2.50 bits per heavy atom. The zero-order chi connectivity index (χ0) is 13.5. The maximum absolute atomic E-state index is 13.6. The molecule has 0 fully saturated rings. The topological polar surface area (TPSA) is 21.3 Å². The predicted molar refractivity (Wildman–Crippen MR) is 69.0 cm³/mol. The smallest absolute Gasteiger partial charge is 0.191 e. The van der Waals surface area contributed by atoms with Crippen molar-refractivity contribution in [2.45, 2.75) is 13.5 Å². The molecule has 0 saturated heterocycles. The Morgan fingerprint density at radius 2 is 2.00 bits per heavy atom. The van der Waals surface area contributed by atoms with Gasteiger partial charge in [-0.15, -0.1) is 0 Å². The van der Waals surface area contributed by atoms with Gasteiger partial charge < -0.3 is 10.1 Å². The molecule has 0 radical (unpaired) electrons. The summed E-state index contributed by atoms with van der Waals surface area (Å²) in [7, 11) is 0. The maximum atomic E-state index is 13.6. The van der Waals surface area contributed by atoms with Gasteiger partial charge in [0.2, 0.25) is 0 Å². The average Bonchev–Trinajstić information content (AvgIpc) is 2.34. The van der Waals surface area contributed by atoms with E-state index in [4.69, 9.17) is 27.9 Å². The van der Waals surface area contributed by atoms with Crippen LogP contribution in [0.25, 0.3) is 0 Å². The van der Waals surface area contributed by atoms with Crippen molar-refractivity contribution in [1.29, 1.82) is 0 Å². The van der Waals surface area contributed by atoms with E-state index >= 15 is 0 Å². The number of hydrogen-bond acceptors (Lipinski definition) is 2. The van der Waals surface area contributed by atoms with Crippen molar-refractivity contribution in [3.05, 3.63) is 39.9 Å². The Kier molecular flexibility index (Phi) is 6.39. The van der Waals surface area contributed by atoms with Crippen LogP contribution >= 0.6 is 23.2 Å². The van der Waals surface area contributed by atoms with E-state index in [1.54, 1.807) is 0 Å². The average molecular weight is 296 g/mol. The van der Waals surface area contributed by atoms with E-state index < -0.39 is 17.4 Å². The molecule has 6 heteroatoms. The van der Waals surface area contributed by atoms with Crippen molar-refractivity contribution < 1.29 is 13.5 Å². The molecule has 0 spiro atoms. The molecule has 2 nitrogen and oxygen atoms in total. The fraction of sp³-hybridized carbons (Fsp3) is 0.333. The Labute approximate surface area is 115 Å². The lowest BCUT2D eigenvalue weighted by Gasteiger charge is -2.10. The fourth-order valence-electron chi connectivity index (χ4n) is 1.29. The highest BCUT2D eigenvalue weighted by Crippen LogP contribution is 2.24. The lowest BCUT2D eigenvalue weighted by atomic mass is 10.2. The van der Waals surface area contributed by atoms with Gasteiger partial charge >= 0.3 is 0 Å². The number of benzene rings is 1. The molecule has 0 bridgehead atoms. The molecule has 1 aromatic rings. The van der Waals surface area contributed by atoms with Crippen molar-refractivity contribution in [3.8, 4) is 5.75 Å². The number of ether oxygens (including phenoxy) is 1. The first-order valence-electron chi connectivity index (χ1n) is 5.34. The lowest BCUT2D eigenvalue weighted by molar-refractivity contribution is 0.317. The van der Waals surface area contributed by atoms with Crippen LogP contribution in [0.2, 0.25) is 0 Å². The minimum Gasteiger partial charge on any atom is -0.482 e. The van der Waals surface area contributed by atoms with E-state index in [0.717, 1.165) is 12.1 Å². The van der Waals surface area contributed by atoms with E-state index in [1.165, 1.54) is 12.1 Å². The highest BCUT2D eigenvalue weighted by molar-refractivity contribution is 6.36. The molecule has 1 aromatic carbocycles. The van der Waals surface area contributed by atoms with Gasteiger partial charge in [0.1, 0.15) is 6.61 Å². The van der Waals surface area contributed by atoms with Crippen LogP contribution in [-0.4, -0.2) is 13.2 Å². The van der Waals surface area contributed by atoms with Gasteiger partial charge in [0, 0.05) is 12.1 Å². The molecule has 0 atom stereocenters. The van der Waals surface area contributed by atoms with Crippen LogP contribution in [0.1, 0.15) is 12.5 Å². The first kappa shape index (κ1) is 15.2. The number of hydrogen-bond donors (Lipinski definition) is 1. The normalized spacial score (nSPS) is 11.7. The molecule has 0 amide bonds. The van der Waals surface area contributed by atoms with Crippen LogP contribution in [0, 0.1) is 11.6 Å². The molecule has 0 aliphatic carbocycles. The standard InChI is InChI=1S/C12H13Cl2F2NO/c1-2-17-6-8-3-10(15)12(11(16)4-8)18-7-9(14)5-13/h3-5,17H,2,6-7H2,1H3. The minimum absolute atomic E-state index is 0.159. The second kappa shape index (κ2) is 7.56. The predicted octanol–water partition coefficient (Wildman–Crippen LogP) is 3.77. The summed E-state index contributed by atoms with van der Waals surface area (Å²) >= 11 is 10.9. The molecular weight excluding hydrogens is 283 g/mol. The number of nitrogens with one attached hydrogen (secondary N) is 1. The minimum atomic E-state index is -0.762. The molecule has 100 valence electrons. The summed E-state index contributed by atoms with van der Waals surface area (Å²) < 4.78 is 32.1. The van der Waals surface area contributed by atoms with Gasteiger partial charge in [-0.2, -0.15) is 0 Å². The van der Waals surface area contributed by atoms with Crippen LogP contribution in [0.5, 0.6) is 5.75 Å². The third-order valence-corrected chi connectivity index (χ3v) is 2.70. The summed E-state index contributed by atoms with van der Waals surface area (Å²) in [5.74, 6) is -1.98. The molecule has 0 aromatic heterocycles. The van der Waals surface area contributed by atoms with E-state index in [-0.39, 0.29) is 11.6 Å². The van der Waals surface area contributed by atoms with Crippen molar-refractivity contribution in [2.24, 2.45) is 0 Å². The third-order valence-electron chi connectivity index (χ3n) is 2.11. The lowest BCUT2D eigenvalue weighted by Crippen LogP contribution is -2.12. The van der Waals surface area contributed by atoms with Gasteiger partial charge in [-0.3, -0.25) is 0 Å². The van der Waals surface area contributed by atoms with Crippen molar-refractivity contribution in [2.75, 3.05) is 13.2 Å². The van der Waals surface area contributed by atoms with Crippen LogP contribution in [0.3, 0.4) is 0 Å². The Balaban J connectivity index is 2.80. The summed E-state index contributed by atoms with van der Waals surface area (Å²) in [6.45, 7) is 2.85. The second-order valence-corrected chi connectivity index (χ2v) is 4.22. The van der Waals surface area contributed by atoms with Crippen LogP contribution in [-0.2, 0) is 6.54 Å². The molecule has 18 heavy (non-hydrogen) atoms. The number of rotatable bonds is 6. The molecule has 0 aliphatic heterocycles. The summed E-state index contributed by atoms with van der Waals surface area (Å²) in [5.41, 5.74) is 1.59. The zero-order valence-corrected chi connectivity index (χ0v) is 11.3. The molecule has 0 unspecified atom stereocenters. The zero-order valence-electron chi connectivity index (χ0n) is 9.77. The number of halogens is 4. The molecule has 0 saturated carbocycles. The van der Waals surface area contributed by atoms with Gasteiger partial charge in [-0.1, -0.05) is 30.1 Å². The van der Waals surface area contributed by atoms with Crippen molar-refractivity contribution in [1.82, 2.24) is 5.32 Å². The molecular formula is C12H13Cl2F2NO. The van der Waals surface area contributed by atoms with Crippen molar-refractivity contribution >= 4 is 23.2 Å². The van der Waals surface area contributed by atoms with Gasteiger partial charge in [-0.25, -0.2) is 8.78 Å². The SMILES string of the molecule is CCNCc1cc(F)c(OCC(Cl)=CCl)c(F)c1. The summed E-state index contributed by atoms with van der Waals surface area (Å²) in [6, 6.07) is 2.44. The monoisotopic (exact) mass is 295 g/mol. The Hall–Kier alpha value is -0.840. The maximum Gasteiger partial charge on any atom is 0.191 e. The van der Waals surface area contributed by atoms with E-state index in [1.807, 2.05) is 6.92 Å². The summed E-state index contributed by atoms with van der Waals surface area (Å²) in [5, 5.41) is 3.14.